The molecule has 0 bridgehead atoms. The first-order valence-electron chi connectivity index (χ1n) is 8.13. The lowest BCUT2D eigenvalue weighted by atomic mass is 10.0. The van der Waals surface area contributed by atoms with Gasteiger partial charge in [0.2, 0.25) is 10.0 Å². The molecule has 0 aliphatic heterocycles. The highest BCUT2D eigenvalue weighted by Gasteiger charge is 2.20. The summed E-state index contributed by atoms with van der Waals surface area (Å²) in [6.45, 7) is 0.150. The maximum atomic E-state index is 12.6. The molecule has 1 unspecified atom stereocenters. The Bertz CT molecular complexity index is 957. The van der Waals surface area contributed by atoms with E-state index in [9.17, 15) is 8.42 Å². The van der Waals surface area contributed by atoms with Crippen molar-refractivity contribution in [1.82, 2.24) is 4.72 Å². The molecule has 26 heavy (non-hydrogen) atoms. The second-order valence-electron chi connectivity index (χ2n) is 5.85. The first-order chi connectivity index (χ1) is 12.5. The molecule has 134 valence electrons. The highest BCUT2D eigenvalue weighted by atomic mass is 35.5. The van der Waals surface area contributed by atoms with Gasteiger partial charge in [0.05, 0.1) is 10.9 Å². The standard InChI is InChI=1S/C20H19ClN2O2S/c21-18-10-12-19(13-11-18)26(24,25)23-20(14-22)17-8-6-16(7-9-17)15-4-2-1-3-5-15/h1-13,20,23H,14,22H2. The van der Waals surface area contributed by atoms with Crippen LogP contribution in [0.1, 0.15) is 11.6 Å². The molecular weight excluding hydrogens is 368 g/mol. The SMILES string of the molecule is NCC(NS(=O)(=O)c1ccc(Cl)cc1)c1ccc(-c2ccccc2)cc1. The Morgan fingerprint density at radius 2 is 1.42 bits per heavy atom. The summed E-state index contributed by atoms with van der Waals surface area (Å²) in [4.78, 5) is 0.154. The molecule has 0 heterocycles. The van der Waals surface area contributed by atoms with Gasteiger partial charge in [0, 0.05) is 11.6 Å². The van der Waals surface area contributed by atoms with Gasteiger partial charge in [-0.25, -0.2) is 13.1 Å². The van der Waals surface area contributed by atoms with Crippen molar-refractivity contribution in [2.24, 2.45) is 5.73 Å². The van der Waals surface area contributed by atoms with E-state index in [-0.39, 0.29) is 11.4 Å². The fraction of sp³-hybridized carbons (Fsp3) is 0.100. The molecule has 6 heteroatoms. The molecule has 0 amide bonds. The quantitative estimate of drug-likeness (QED) is 0.672. The summed E-state index contributed by atoms with van der Waals surface area (Å²) in [7, 11) is -3.69. The fourth-order valence-corrected chi connectivity index (χ4v) is 4.02. The number of nitrogens with one attached hydrogen (secondary N) is 1. The molecular formula is C20H19ClN2O2S. The maximum absolute atomic E-state index is 12.6. The van der Waals surface area contributed by atoms with E-state index in [2.05, 4.69) is 4.72 Å². The number of sulfonamides is 1. The lowest BCUT2D eigenvalue weighted by Crippen LogP contribution is -2.33. The number of hydrogen-bond acceptors (Lipinski definition) is 3. The molecule has 0 aromatic heterocycles. The normalized spacial score (nSPS) is 12.7. The van der Waals surface area contributed by atoms with Crippen molar-refractivity contribution in [1.29, 1.82) is 0 Å². The number of halogens is 1. The topological polar surface area (TPSA) is 72.2 Å². The zero-order chi connectivity index (χ0) is 18.6. The van der Waals surface area contributed by atoms with Crippen LogP contribution in [0.2, 0.25) is 5.02 Å². The van der Waals surface area contributed by atoms with E-state index in [4.69, 9.17) is 17.3 Å². The Hall–Kier alpha value is -2.18. The first kappa shape index (κ1) is 18.6. The van der Waals surface area contributed by atoms with E-state index in [0.29, 0.717) is 5.02 Å². The predicted octanol–water partition coefficient (Wildman–Crippen LogP) is 3.99. The van der Waals surface area contributed by atoms with Gasteiger partial charge >= 0.3 is 0 Å². The Balaban J connectivity index is 1.81. The van der Waals surface area contributed by atoms with Crippen molar-refractivity contribution in [2.75, 3.05) is 6.54 Å². The van der Waals surface area contributed by atoms with E-state index in [1.807, 2.05) is 54.6 Å². The second kappa shape index (κ2) is 8.01. The maximum Gasteiger partial charge on any atom is 0.241 e. The molecule has 3 aromatic carbocycles. The van der Waals surface area contributed by atoms with Gasteiger partial charge in [-0.05, 0) is 41.0 Å². The van der Waals surface area contributed by atoms with Gasteiger partial charge < -0.3 is 5.73 Å². The Kier molecular flexibility index (Phi) is 5.74. The zero-order valence-electron chi connectivity index (χ0n) is 14.0. The third kappa shape index (κ3) is 4.31. The Labute approximate surface area is 158 Å². The third-order valence-electron chi connectivity index (χ3n) is 4.08. The van der Waals surface area contributed by atoms with E-state index < -0.39 is 16.1 Å². The van der Waals surface area contributed by atoms with Crippen LogP contribution in [-0.2, 0) is 10.0 Å². The average molecular weight is 387 g/mol. The van der Waals surface area contributed by atoms with Crippen molar-refractivity contribution < 1.29 is 8.42 Å². The summed E-state index contributed by atoms with van der Waals surface area (Å²) >= 11 is 5.82. The summed E-state index contributed by atoms with van der Waals surface area (Å²) in [5, 5.41) is 0.482. The second-order valence-corrected chi connectivity index (χ2v) is 8.00. The number of benzene rings is 3. The monoisotopic (exact) mass is 386 g/mol. The van der Waals surface area contributed by atoms with E-state index in [0.717, 1.165) is 16.7 Å². The van der Waals surface area contributed by atoms with Crippen LogP contribution in [0.5, 0.6) is 0 Å². The smallest absolute Gasteiger partial charge is 0.241 e. The molecule has 1 atom stereocenters. The van der Waals surface area contributed by atoms with Crippen LogP contribution in [0, 0.1) is 0 Å². The van der Waals surface area contributed by atoms with E-state index in [1.165, 1.54) is 12.1 Å². The molecule has 0 spiro atoms. The van der Waals surface area contributed by atoms with Crippen molar-refractivity contribution in [3.05, 3.63) is 89.4 Å². The van der Waals surface area contributed by atoms with E-state index in [1.54, 1.807) is 12.1 Å². The summed E-state index contributed by atoms with van der Waals surface area (Å²) in [5.74, 6) is 0. The fourth-order valence-electron chi connectivity index (χ4n) is 2.66. The van der Waals surface area contributed by atoms with Crippen LogP contribution in [-0.4, -0.2) is 15.0 Å². The van der Waals surface area contributed by atoms with Crippen LogP contribution < -0.4 is 10.5 Å². The molecule has 3 N–H and O–H groups in total. The molecule has 0 saturated carbocycles. The molecule has 0 aliphatic rings. The Morgan fingerprint density at radius 3 is 2.00 bits per heavy atom. The van der Waals surface area contributed by atoms with Crippen molar-refractivity contribution in [3.63, 3.8) is 0 Å². The highest BCUT2D eigenvalue weighted by molar-refractivity contribution is 7.89. The predicted molar refractivity (Wildman–Crippen MR) is 105 cm³/mol. The molecule has 3 aromatic rings. The molecule has 0 fully saturated rings. The number of nitrogens with two attached hydrogens (primary N) is 1. The van der Waals surface area contributed by atoms with Gasteiger partial charge in [-0.1, -0.05) is 66.2 Å². The van der Waals surface area contributed by atoms with Crippen LogP contribution in [0.3, 0.4) is 0 Å². The Morgan fingerprint density at radius 1 is 0.846 bits per heavy atom. The van der Waals surface area contributed by atoms with Crippen LogP contribution >= 0.6 is 11.6 Å². The first-order valence-corrected chi connectivity index (χ1v) is 9.99. The summed E-state index contributed by atoms with van der Waals surface area (Å²) in [6.07, 6.45) is 0. The number of rotatable bonds is 6. The molecule has 0 aliphatic carbocycles. The minimum Gasteiger partial charge on any atom is -0.329 e. The summed E-state index contributed by atoms with van der Waals surface area (Å²) in [5.41, 5.74) is 8.79. The minimum atomic E-state index is -3.69. The summed E-state index contributed by atoms with van der Waals surface area (Å²) in [6, 6.07) is 23.2. The van der Waals surface area contributed by atoms with Gasteiger partial charge in [-0.3, -0.25) is 0 Å². The zero-order valence-corrected chi connectivity index (χ0v) is 15.5. The van der Waals surface area contributed by atoms with Gasteiger partial charge in [0.15, 0.2) is 0 Å². The lowest BCUT2D eigenvalue weighted by Gasteiger charge is -2.18. The largest absolute Gasteiger partial charge is 0.329 e. The van der Waals surface area contributed by atoms with Gasteiger partial charge in [0.1, 0.15) is 0 Å². The molecule has 0 saturated heterocycles. The molecule has 3 rings (SSSR count). The van der Waals surface area contributed by atoms with Gasteiger partial charge in [0.25, 0.3) is 0 Å². The van der Waals surface area contributed by atoms with Crippen molar-refractivity contribution in [2.45, 2.75) is 10.9 Å². The van der Waals surface area contributed by atoms with Gasteiger partial charge in [-0.15, -0.1) is 0 Å². The van der Waals surface area contributed by atoms with Crippen molar-refractivity contribution >= 4 is 21.6 Å². The lowest BCUT2D eigenvalue weighted by molar-refractivity contribution is 0.558. The van der Waals surface area contributed by atoms with Gasteiger partial charge in [-0.2, -0.15) is 0 Å². The van der Waals surface area contributed by atoms with Crippen LogP contribution in [0.25, 0.3) is 11.1 Å². The van der Waals surface area contributed by atoms with E-state index >= 15 is 0 Å². The summed E-state index contributed by atoms with van der Waals surface area (Å²) < 4.78 is 27.8. The molecule has 4 nitrogen and oxygen atoms in total. The molecule has 0 radical (unpaired) electrons. The third-order valence-corrected chi connectivity index (χ3v) is 5.82. The minimum absolute atomic E-state index is 0.150. The van der Waals surface area contributed by atoms with Crippen molar-refractivity contribution in [3.8, 4) is 11.1 Å². The van der Waals surface area contributed by atoms with Crippen LogP contribution in [0.15, 0.2) is 83.8 Å². The number of hydrogen-bond donors (Lipinski definition) is 2. The average Bonchev–Trinajstić information content (AvgIpc) is 2.67. The highest BCUT2D eigenvalue weighted by Crippen LogP contribution is 2.23. The van der Waals surface area contributed by atoms with Crippen LogP contribution in [0.4, 0.5) is 0 Å².